The van der Waals surface area contributed by atoms with Gasteiger partial charge in [-0.05, 0) is 30.2 Å². The molecule has 1 fully saturated rings. The second kappa shape index (κ2) is 6.61. The molecule has 1 amide bonds. The summed E-state index contributed by atoms with van der Waals surface area (Å²) in [5, 5.41) is 11.4. The quantitative estimate of drug-likeness (QED) is 0.793. The minimum Gasteiger partial charge on any atom is -0.391 e. The number of rotatable bonds is 1. The summed E-state index contributed by atoms with van der Waals surface area (Å²) in [5.74, 6) is -1.82. The van der Waals surface area contributed by atoms with E-state index in [0.29, 0.717) is 16.5 Å². The molecule has 0 unspecified atom stereocenters. The summed E-state index contributed by atoms with van der Waals surface area (Å²) in [7, 11) is 0. The highest BCUT2D eigenvalue weighted by Crippen LogP contribution is 2.42. The average molecular weight is 397 g/mol. The van der Waals surface area contributed by atoms with Gasteiger partial charge in [-0.15, -0.1) is 0 Å². The molecule has 25 heavy (non-hydrogen) atoms. The van der Waals surface area contributed by atoms with Crippen LogP contribution in [0.25, 0.3) is 0 Å². The van der Waals surface area contributed by atoms with Crippen molar-refractivity contribution in [3.63, 3.8) is 0 Å². The van der Waals surface area contributed by atoms with E-state index in [4.69, 9.17) is 23.2 Å². The molecular weight excluding hydrogens is 380 g/mol. The molecule has 9 heteroatoms. The molecule has 0 bridgehead atoms. The third-order valence-corrected chi connectivity index (χ3v) is 5.40. The first-order valence-electron chi connectivity index (χ1n) is 7.87. The number of aliphatic hydroxyl groups excluding tert-OH is 1. The lowest BCUT2D eigenvalue weighted by atomic mass is 10.0. The molecule has 3 rings (SSSR count). The zero-order chi connectivity index (χ0) is 18.5. The Hall–Kier alpha value is -1.02. The Balaban J connectivity index is 1.81. The molecule has 1 aliphatic carbocycles. The number of carbonyl (C=O) groups is 1. The molecule has 138 valence electrons. The fourth-order valence-corrected chi connectivity index (χ4v) is 4.36. The second-order valence-electron chi connectivity index (χ2n) is 6.51. The number of piperazine rings is 1. The summed E-state index contributed by atoms with van der Waals surface area (Å²) in [6, 6.07) is 2.34. The summed E-state index contributed by atoms with van der Waals surface area (Å²) >= 11 is 12.3. The van der Waals surface area contributed by atoms with Gasteiger partial charge in [-0.3, -0.25) is 9.69 Å². The van der Waals surface area contributed by atoms with E-state index in [-0.39, 0.29) is 19.6 Å². The summed E-state index contributed by atoms with van der Waals surface area (Å²) in [5.41, 5.74) is 1.61. The van der Waals surface area contributed by atoms with Crippen LogP contribution in [0.5, 0.6) is 0 Å². The molecule has 0 aromatic heterocycles. The van der Waals surface area contributed by atoms with Crippen LogP contribution in [0.2, 0.25) is 10.0 Å². The summed E-state index contributed by atoms with van der Waals surface area (Å²) in [6.07, 6.45) is -5.23. The normalized spacial score (nSPS) is 27.5. The number of alkyl halides is 3. The van der Waals surface area contributed by atoms with Crippen LogP contribution in [-0.4, -0.2) is 58.8 Å². The maximum atomic E-state index is 12.7. The SMILES string of the molecule is C[C@@H]1CN([C@@H]2c3cc(Cl)cc(Cl)c3C[C@H]2O)CCN1C(=O)C(F)(F)F. The maximum absolute atomic E-state index is 12.7. The van der Waals surface area contributed by atoms with Crippen LogP contribution < -0.4 is 0 Å². The first kappa shape index (κ1) is 18.8. The van der Waals surface area contributed by atoms with Crippen molar-refractivity contribution in [3.8, 4) is 0 Å². The van der Waals surface area contributed by atoms with Crippen molar-refractivity contribution >= 4 is 29.1 Å². The Morgan fingerprint density at radius 3 is 2.56 bits per heavy atom. The molecule has 0 radical (unpaired) electrons. The summed E-state index contributed by atoms with van der Waals surface area (Å²) in [6.45, 7) is 1.99. The van der Waals surface area contributed by atoms with Gasteiger partial charge in [0.2, 0.25) is 0 Å². The number of halogens is 5. The van der Waals surface area contributed by atoms with Gasteiger partial charge in [0.1, 0.15) is 0 Å². The highest BCUT2D eigenvalue weighted by molar-refractivity contribution is 6.35. The predicted octanol–water partition coefficient (Wildman–Crippen LogP) is 3.05. The highest BCUT2D eigenvalue weighted by atomic mass is 35.5. The molecule has 1 saturated heterocycles. The Morgan fingerprint density at radius 1 is 1.28 bits per heavy atom. The van der Waals surface area contributed by atoms with Gasteiger partial charge in [0.05, 0.1) is 12.1 Å². The van der Waals surface area contributed by atoms with Crippen LogP contribution in [0.15, 0.2) is 12.1 Å². The molecule has 3 atom stereocenters. The Morgan fingerprint density at radius 2 is 1.96 bits per heavy atom. The van der Waals surface area contributed by atoms with Crippen LogP contribution in [0.4, 0.5) is 13.2 Å². The summed E-state index contributed by atoms with van der Waals surface area (Å²) in [4.78, 5) is 14.2. The van der Waals surface area contributed by atoms with E-state index in [9.17, 15) is 23.1 Å². The topological polar surface area (TPSA) is 43.8 Å². The van der Waals surface area contributed by atoms with Crippen molar-refractivity contribution in [3.05, 3.63) is 33.3 Å². The van der Waals surface area contributed by atoms with Gasteiger partial charge in [-0.2, -0.15) is 13.2 Å². The Labute approximate surface area is 153 Å². The van der Waals surface area contributed by atoms with Gasteiger partial charge in [0.15, 0.2) is 0 Å². The van der Waals surface area contributed by atoms with E-state index < -0.39 is 30.3 Å². The molecule has 1 heterocycles. The smallest absolute Gasteiger partial charge is 0.391 e. The van der Waals surface area contributed by atoms with Gasteiger partial charge in [-0.25, -0.2) is 0 Å². The molecule has 0 saturated carbocycles. The summed E-state index contributed by atoms with van der Waals surface area (Å²) < 4.78 is 38.0. The third-order valence-electron chi connectivity index (χ3n) is 4.85. The van der Waals surface area contributed by atoms with Crippen molar-refractivity contribution in [2.75, 3.05) is 19.6 Å². The van der Waals surface area contributed by atoms with E-state index in [1.165, 1.54) is 0 Å². The Bertz CT molecular complexity index is 699. The van der Waals surface area contributed by atoms with E-state index in [1.807, 2.05) is 4.90 Å². The molecule has 2 aliphatic rings. The van der Waals surface area contributed by atoms with Crippen molar-refractivity contribution in [1.82, 2.24) is 9.80 Å². The molecular formula is C16H17Cl2F3N2O2. The number of benzene rings is 1. The average Bonchev–Trinajstić information content (AvgIpc) is 2.82. The second-order valence-corrected chi connectivity index (χ2v) is 7.36. The lowest BCUT2D eigenvalue weighted by Crippen LogP contribution is -2.58. The standard InChI is InChI=1S/C16H17Cl2F3N2O2/c1-8-7-22(2-3-23(8)15(25)16(19,20)21)14-11-4-9(17)5-12(18)10(11)6-13(14)24/h4-5,8,13-14,24H,2-3,6-7H2,1H3/t8-,13-,14-/m1/s1. The van der Waals surface area contributed by atoms with Crippen LogP contribution in [0.1, 0.15) is 24.1 Å². The van der Waals surface area contributed by atoms with Crippen molar-refractivity contribution in [2.24, 2.45) is 0 Å². The van der Waals surface area contributed by atoms with Gasteiger partial charge >= 0.3 is 12.1 Å². The lowest BCUT2D eigenvalue weighted by Gasteiger charge is -2.43. The minimum absolute atomic E-state index is 0.0492. The third kappa shape index (κ3) is 3.47. The lowest BCUT2D eigenvalue weighted by molar-refractivity contribution is -0.190. The van der Waals surface area contributed by atoms with E-state index in [2.05, 4.69) is 0 Å². The van der Waals surface area contributed by atoms with Crippen molar-refractivity contribution in [1.29, 1.82) is 0 Å². The number of carbonyl (C=O) groups excluding carboxylic acids is 1. The van der Waals surface area contributed by atoms with Gasteiger partial charge < -0.3 is 10.0 Å². The van der Waals surface area contributed by atoms with E-state index in [1.54, 1.807) is 19.1 Å². The molecule has 0 spiro atoms. The van der Waals surface area contributed by atoms with Gasteiger partial charge in [0.25, 0.3) is 0 Å². The van der Waals surface area contributed by atoms with Crippen LogP contribution in [0, 0.1) is 0 Å². The molecule has 1 N–H and O–H groups in total. The van der Waals surface area contributed by atoms with Crippen LogP contribution >= 0.6 is 23.2 Å². The molecule has 1 aliphatic heterocycles. The first-order chi connectivity index (χ1) is 11.6. The zero-order valence-corrected chi connectivity index (χ0v) is 14.9. The number of amides is 1. The largest absolute Gasteiger partial charge is 0.471 e. The predicted molar refractivity (Wildman–Crippen MR) is 87.7 cm³/mol. The number of hydrogen-bond acceptors (Lipinski definition) is 3. The fourth-order valence-electron chi connectivity index (χ4n) is 3.77. The molecule has 1 aromatic carbocycles. The zero-order valence-electron chi connectivity index (χ0n) is 13.4. The number of nitrogens with zero attached hydrogens (tertiary/aromatic N) is 2. The highest BCUT2D eigenvalue weighted by Gasteiger charge is 2.47. The van der Waals surface area contributed by atoms with Crippen molar-refractivity contribution < 1.29 is 23.1 Å². The monoisotopic (exact) mass is 396 g/mol. The first-order valence-corrected chi connectivity index (χ1v) is 8.63. The van der Waals surface area contributed by atoms with Crippen molar-refractivity contribution in [2.45, 2.75) is 37.7 Å². The fraction of sp³-hybridized carbons (Fsp3) is 0.562. The maximum Gasteiger partial charge on any atom is 0.471 e. The van der Waals surface area contributed by atoms with Crippen LogP contribution in [-0.2, 0) is 11.2 Å². The number of hydrogen-bond donors (Lipinski definition) is 1. The molecule has 4 nitrogen and oxygen atoms in total. The Kier molecular flexibility index (Phi) is 4.96. The number of aliphatic hydroxyl groups is 1. The van der Waals surface area contributed by atoms with E-state index >= 15 is 0 Å². The van der Waals surface area contributed by atoms with Gasteiger partial charge in [-0.1, -0.05) is 23.2 Å². The van der Waals surface area contributed by atoms with E-state index in [0.717, 1.165) is 16.0 Å². The number of fused-ring (bicyclic) bond motifs is 1. The van der Waals surface area contributed by atoms with Gasteiger partial charge in [0, 0.05) is 42.1 Å². The van der Waals surface area contributed by atoms with Crippen LogP contribution in [0.3, 0.4) is 0 Å². The minimum atomic E-state index is -4.88. The molecule has 1 aromatic rings.